The Morgan fingerprint density at radius 1 is 1.35 bits per heavy atom. The molecule has 0 bridgehead atoms. The fourth-order valence-electron chi connectivity index (χ4n) is 2.16. The fourth-order valence-corrected chi connectivity index (χ4v) is 2.16. The summed E-state index contributed by atoms with van der Waals surface area (Å²) < 4.78 is 26.8. The molecule has 1 aliphatic rings. The fraction of sp³-hybridized carbons (Fsp3) is 0.538. The third kappa shape index (κ3) is 2.64. The molecule has 1 aromatic carbocycles. The summed E-state index contributed by atoms with van der Waals surface area (Å²) in [7, 11) is 0. The van der Waals surface area contributed by atoms with Gasteiger partial charge in [0.25, 0.3) is 0 Å². The molecule has 0 saturated heterocycles. The normalized spacial score (nSPS) is 19.8. The number of rotatable bonds is 4. The number of benzene rings is 1. The van der Waals surface area contributed by atoms with Gasteiger partial charge in [-0.1, -0.05) is 6.07 Å². The van der Waals surface area contributed by atoms with Gasteiger partial charge in [-0.15, -0.1) is 0 Å². The van der Waals surface area contributed by atoms with E-state index in [1.54, 1.807) is 0 Å². The minimum Gasteiger partial charge on any atom is -0.387 e. The van der Waals surface area contributed by atoms with Crippen molar-refractivity contribution >= 4 is 0 Å². The molecule has 0 aromatic heterocycles. The second kappa shape index (κ2) is 4.70. The highest BCUT2D eigenvalue weighted by molar-refractivity contribution is 5.22. The minimum atomic E-state index is -1.14. The lowest BCUT2D eigenvalue weighted by Crippen LogP contribution is -2.49. The molecular weight excluding hydrogens is 224 g/mol. The average molecular weight is 241 g/mol. The highest BCUT2D eigenvalue weighted by atomic mass is 19.1. The van der Waals surface area contributed by atoms with E-state index in [4.69, 9.17) is 0 Å². The summed E-state index contributed by atoms with van der Waals surface area (Å²) in [6.45, 7) is 2.23. The maximum Gasteiger partial charge on any atom is 0.131 e. The average Bonchev–Trinajstić information content (AvgIpc) is 2.23. The van der Waals surface area contributed by atoms with Crippen LogP contribution in [0.5, 0.6) is 0 Å². The van der Waals surface area contributed by atoms with E-state index in [1.807, 2.05) is 0 Å². The molecule has 0 radical (unpaired) electrons. The zero-order valence-electron chi connectivity index (χ0n) is 9.84. The van der Waals surface area contributed by atoms with Gasteiger partial charge >= 0.3 is 0 Å². The van der Waals surface area contributed by atoms with E-state index in [0.29, 0.717) is 0 Å². The first-order chi connectivity index (χ1) is 8.02. The Bertz CT molecular complexity index is 384. The molecule has 1 fully saturated rings. The number of nitrogens with one attached hydrogen (secondary N) is 1. The summed E-state index contributed by atoms with van der Waals surface area (Å²) in [5, 5.41) is 13.0. The van der Waals surface area contributed by atoms with Crippen LogP contribution in [0.1, 0.15) is 37.9 Å². The molecule has 1 unspecified atom stereocenters. The van der Waals surface area contributed by atoms with Crippen molar-refractivity contribution < 1.29 is 13.9 Å². The van der Waals surface area contributed by atoms with Crippen molar-refractivity contribution in [2.75, 3.05) is 6.54 Å². The SMILES string of the molecule is CC1(NCC(O)c2c(F)cccc2F)CCC1. The van der Waals surface area contributed by atoms with Crippen LogP contribution in [-0.2, 0) is 0 Å². The monoisotopic (exact) mass is 241 g/mol. The molecular formula is C13H17F2NO. The van der Waals surface area contributed by atoms with Crippen LogP contribution < -0.4 is 5.32 Å². The minimum absolute atomic E-state index is 0.0166. The van der Waals surface area contributed by atoms with E-state index < -0.39 is 17.7 Å². The second-order valence-corrected chi connectivity index (χ2v) is 4.95. The van der Waals surface area contributed by atoms with Gasteiger partial charge in [0.1, 0.15) is 11.6 Å². The third-order valence-electron chi connectivity index (χ3n) is 3.51. The zero-order chi connectivity index (χ0) is 12.5. The van der Waals surface area contributed by atoms with Crippen LogP contribution in [0.3, 0.4) is 0 Å². The first kappa shape index (κ1) is 12.5. The molecule has 94 valence electrons. The summed E-state index contributed by atoms with van der Waals surface area (Å²) >= 11 is 0. The molecule has 0 spiro atoms. The van der Waals surface area contributed by atoms with Crippen molar-refractivity contribution in [1.29, 1.82) is 0 Å². The molecule has 17 heavy (non-hydrogen) atoms. The number of halogens is 2. The first-order valence-corrected chi connectivity index (χ1v) is 5.89. The van der Waals surface area contributed by atoms with Crippen molar-refractivity contribution in [3.05, 3.63) is 35.4 Å². The summed E-state index contributed by atoms with van der Waals surface area (Å²) in [6.07, 6.45) is 2.10. The number of hydrogen-bond donors (Lipinski definition) is 2. The van der Waals surface area contributed by atoms with Gasteiger partial charge in [-0.05, 0) is 38.3 Å². The molecule has 0 aliphatic heterocycles. The lowest BCUT2D eigenvalue weighted by molar-refractivity contribution is 0.126. The van der Waals surface area contributed by atoms with Crippen LogP contribution in [0.2, 0.25) is 0 Å². The Labute approximate surface area is 99.7 Å². The van der Waals surface area contributed by atoms with Crippen LogP contribution in [0.15, 0.2) is 18.2 Å². The van der Waals surface area contributed by atoms with E-state index in [1.165, 1.54) is 6.07 Å². The molecule has 0 heterocycles. The van der Waals surface area contributed by atoms with Gasteiger partial charge in [-0.3, -0.25) is 0 Å². The molecule has 1 atom stereocenters. The summed E-state index contributed by atoms with van der Waals surface area (Å²) in [5.74, 6) is -1.39. The van der Waals surface area contributed by atoms with E-state index >= 15 is 0 Å². The molecule has 2 N–H and O–H groups in total. The molecule has 1 aromatic rings. The first-order valence-electron chi connectivity index (χ1n) is 5.89. The zero-order valence-corrected chi connectivity index (χ0v) is 9.84. The van der Waals surface area contributed by atoms with Gasteiger partial charge in [-0.25, -0.2) is 8.78 Å². The van der Waals surface area contributed by atoms with E-state index in [-0.39, 0.29) is 17.6 Å². The van der Waals surface area contributed by atoms with Crippen LogP contribution in [0, 0.1) is 11.6 Å². The Balaban J connectivity index is 2.01. The number of aliphatic hydroxyl groups is 1. The van der Waals surface area contributed by atoms with Crippen molar-refractivity contribution in [1.82, 2.24) is 5.32 Å². The smallest absolute Gasteiger partial charge is 0.131 e. The van der Waals surface area contributed by atoms with Crippen molar-refractivity contribution in [2.45, 2.75) is 37.8 Å². The molecule has 1 aliphatic carbocycles. The van der Waals surface area contributed by atoms with Crippen molar-refractivity contribution in [2.24, 2.45) is 0 Å². The Morgan fingerprint density at radius 2 is 1.94 bits per heavy atom. The largest absolute Gasteiger partial charge is 0.387 e. The topological polar surface area (TPSA) is 32.3 Å². The summed E-state index contributed by atoms with van der Waals surface area (Å²) in [5.41, 5.74) is -0.231. The van der Waals surface area contributed by atoms with Gasteiger partial charge < -0.3 is 10.4 Å². The molecule has 4 heteroatoms. The van der Waals surface area contributed by atoms with E-state index in [9.17, 15) is 13.9 Å². The maximum absolute atomic E-state index is 13.4. The van der Waals surface area contributed by atoms with Gasteiger partial charge in [-0.2, -0.15) is 0 Å². The van der Waals surface area contributed by atoms with Gasteiger partial charge in [0.2, 0.25) is 0 Å². The highest BCUT2D eigenvalue weighted by Gasteiger charge is 2.32. The number of β-amino-alcohol motifs (C(OH)–C–C–N with tert-alkyl or cyclic N) is 1. The van der Waals surface area contributed by atoms with Crippen LogP contribution in [0.25, 0.3) is 0 Å². The van der Waals surface area contributed by atoms with Crippen LogP contribution in [-0.4, -0.2) is 17.2 Å². The van der Waals surface area contributed by atoms with Gasteiger partial charge in [0, 0.05) is 12.1 Å². The standard InChI is InChI=1S/C13H17F2NO/c1-13(6-3-7-13)16-8-11(17)12-9(14)4-2-5-10(12)15/h2,4-5,11,16-17H,3,6-8H2,1H3. The Hall–Kier alpha value is -1.00. The Kier molecular flexibility index (Phi) is 3.45. The van der Waals surface area contributed by atoms with Crippen LogP contribution in [0.4, 0.5) is 8.78 Å². The predicted molar refractivity (Wildman–Crippen MR) is 61.6 cm³/mol. The number of hydrogen-bond acceptors (Lipinski definition) is 2. The van der Waals surface area contributed by atoms with Crippen molar-refractivity contribution in [3.63, 3.8) is 0 Å². The maximum atomic E-state index is 13.4. The summed E-state index contributed by atoms with van der Waals surface area (Å²) in [4.78, 5) is 0. The molecule has 2 rings (SSSR count). The van der Waals surface area contributed by atoms with Gasteiger partial charge in [0.15, 0.2) is 0 Å². The van der Waals surface area contributed by atoms with Crippen molar-refractivity contribution in [3.8, 4) is 0 Å². The van der Waals surface area contributed by atoms with E-state index in [0.717, 1.165) is 31.4 Å². The number of aliphatic hydroxyl groups excluding tert-OH is 1. The van der Waals surface area contributed by atoms with Crippen LogP contribution >= 0.6 is 0 Å². The molecule has 0 amide bonds. The second-order valence-electron chi connectivity index (χ2n) is 4.95. The highest BCUT2D eigenvalue weighted by Crippen LogP contribution is 2.31. The summed E-state index contributed by atoms with van der Waals surface area (Å²) in [6, 6.07) is 3.61. The third-order valence-corrected chi connectivity index (χ3v) is 3.51. The lowest BCUT2D eigenvalue weighted by atomic mass is 9.78. The van der Waals surface area contributed by atoms with Gasteiger partial charge in [0.05, 0.1) is 11.7 Å². The lowest BCUT2D eigenvalue weighted by Gasteiger charge is -2.40. The molecule has 1 saturated carbocycles. The van der Waals surface area contributed by atoms with E-state index in [2.05, 4.69) is 12.2 Å². The quantitative estimate of drug-likeness (QED) is 0.849. The predicted octanol–water partition coefficient (Wildman–Crippen LogP) is 2.53. The Morgan fingerprint density at radius 3 is 2.41 bits per heavy atom. The molecule has 2 nitrogen and oxygen atoms in total.